The Bertz CT molecular complexity index is 765. The average molecular weight is 305 g/mol. The van der Waals surface area contributed by atoms with Gasteiger partial charge in [0, 0.05) is 6.20 Å². The van der Waals surface area contributed by atoms with Crippen LogP contribution in [0.15, 0.2) is 18.3 Å². The topological polar surface area (TPSA) is 121 Å². The SMILES string of the molecule is Cc1ccn2c(C(=O)NC(CC(=O)O)C(=O)O)c(C)nc2c1. The fourth-order valence-corrected chi connectivity index (χ4v) is 2.14. The Hall–Kier alpha value is -2.90. The van der Waals surface area contributed by atoms with Crippen molar-refractivity contribution in [3.63, 3.8) is 0 Å². The molecule has 0 radical (unpaired) electrons. The molecule has 1 atom stereocenters. The number of fused-ring (bicyclic) bond motifs is 1. The van der Waals surface area contributed by atoms with E-state index in [0.717, 1.165) is 5.56 Å². The molecule has 8 heteroatoms. The first-order chi connectivity index (χ1) is 10.3. The van der Waals surface area contributed by atoms with E-state index in [1.54, 1.807) is 25.3 Å². The normalized spacial score (nSPS) is 12.1. The van der Waals surface area contributed by atoms with Gasteiger partial charge in [-0.3, -0.25) is 14.0 Å². The van der Waals surface area contributed by atoms with Crippen molar-refractivity contribution >= 4 is 23.5 Å². The van der Waals surface area contributed by atoms with Gasteiger partial charge in [-0.1, -0.05) is 0 Å². The molecule has 1 unspecified atom stereocenters. The van der Waals surface area contributed by atoms with E-state index in [4.69, 9.17) is 10.2 Å². The van der Waals surface area contributed by atoms with Crippen LogP contribution >= 0.6 is 0 Å². The summed E-state index contributed by atoms with van der Waals surface area (Å²) in [4.78, 5) is 38.2. The zero-order valence-corrected chi connectivity index (χ0v) is 12.0. The van der Waals surface area contributed by atoms with Crippen molar-refractivity contribution in [1.82, 2.24) is 14.7 Å². The number of hydrogen-bond acceptors (Lipinski definition) is 4. The summed E-state index contributed by atoms with van der Waals surface area (Å²) < 4.78 is 1.54. The number of carboxylic acids is 2. The molecular weight excluding hydrogens is 290 g/mol. The molecule has 0 aliphatic heterocycles. The number of imidazole rings is 1. The minimum Gasteiger partial charge on any atom is -0.481 e. The highest BCUT2D eigenvalue weighted by atomic mass is 16.4. The van der Waals surface area contributed by atoms with Crippen LogP contribution in [0.1, 0.15) is 28.2 Å². The highest BCUT2D eigenvalue weighted by Crippen LogP contribution is 2.14. The van der Waals surface area contributed by atoms with Crippen molar-refractivity contribution in [2.75, 3.05) is 0 Å². The lowest BCUT2D eigenvalue weighted by Crippen LogP contribution is -2.42. The zero-order chi connectivity index (χ0) is 16.4. The van der Waals surface area contributed by atoms with Gasteiger partial charge in [-0.05, 0) is 31.5 Å². The number of aryl methyl sites for hydroxylation is 2. The number of carbonyl (C=O) groups is 3. The quantitative estimate of drug-likeness (QED) is 0.744. The second-order valence-corrected chi connectivity index (χ2v) is 4.94. The number of carbonyl (C=O) groups excluding carboxylic acids is 1. The minimum atomic E-state index is -1.50. The lowest BCUT2D eigenvalue weighted by Gasteiger charge is -2.12. The summed E-state index contributed by atoms with van der Waals surface area (Å²) in [6.45, 7) is 3.52. The predicted molar refractivity (Wildman–Crippen MR) is 75.8 cm³/mol. The summed E-state index contributed by atoms with van der Waals surface area (Å²) in [7, 11) is 0. The lowest BCUT2D eigenvalue weighted by molar-refractivity contribution is -0.145. The van der Waals surface area contributed by atoms with Gasteiger partial charge in [0.1, 0.15) is 17.4 Å². The number of carboxylic acid groups (broad SMARTS) is 2. The highest BCUT2D eigenvalue weighted by molar-refractivity contribution is 5.97. The van der Waals surface area contributed by atoms with Crippen LogP contribution in [-0.4, -0.2) is 43.5 Å². The van der Waals surface area contributed by atoms with Crippen LogP contribution in [-0.2, 0) is 9.59 Å². The number of rotatable bonds is 5. The number of amides is 1. The molecule has 0 aliphatic carbocycles. The molecule has 2 heterocycles. The number of nitrogens with one attached hydrogen (secondary N) is 1. The summed E-state index contributed by atoms with van der Waals surface area (Å²) in [5.41, 5.74) is 2.15. The Morgan fingerprint density at radius 1 is 1.32 bits per heavy atom. The fourth-order valence-electron chi connectivity index (χ4n) is 2.14. The predicted octanol–water partition coefficient (Wildman–Crippen LogP) is 0.609. The van der Waals surface area contributed by atoms with E-state index in [-0.39, 0.29) is 5.69 Å². The second-order valence-electron chi connectivity index (χ2n) is 4.94. The van der Waals surface area contributed by atoms with Gasteiger partial charge in [-0.2, -0.15) is 0 Å². The molecule has 0 spiro atoms. The van der Waals surface area contributed by atoms with Gasteiger partial charge in [-0.25, -0.2) is 9.78 Å². The Labute approximate surface area is 125 Å². The number of aliphatic carboxylic acids is 2. The summed E-state index contributed by atoms with van der Waals surface area (Å²) in [5.74, 6) is -3.39. The molecule has 8 nitrogen and oxygen atoms in total. The number of pyridine rings is 1. The third kappa shape index (κ3) is 3.05. The minimum absolute atomic E-state index is 0.187. The maximum Gasteiger partial charge on any atom is 0.326 e. The Morgan fingerprint density at radius 2 is 2.00 bits per heavy atom. The second kappa shape index (κ2) is 5.84. The molecule has 2 rings (SSSR count). The molecule has 0 saturated heterocycles. The third-order valence-corrected chi connectivity index (χ3v) is 3.15. The standard InChI is InChI=1S/C14H15N3O5/c1-7-3-4-17-10(5-7)15-8(2)12(17)13(20)16-9(14(21)22)6-11(18)19/h3-5,9H,6H2,1-2H3,(H,16,20)(H,18,19)(H,21,22). The smallest absolute Gasteiger partial charge is 0.326 e. The maximum atomic E-state index is 12.3. The molecule has 0 aliphatic rings. The van der Waals surface area contributed by atoms with E-state index in [2.05, 4.69) is 10.3 Å². The van der Waals surface area contributed by atoms with Crippen molar-refractivity contribution in [2.45, 2.75) is 26.3 Å². The Kier molecular flexibility index (Phi) is 4.11. The summed E-state index contributed by atoms with van der Waals surface area (Å²) in [5, 5.41) is 19.9. The largest absolute Gasteiger partial charge is 0.481 e. The molecule has 0 saturated carbocycles. The summed E-state index contributed by atoms with van der Waals surface area (Å²) >= 11 is 0. The monoisotopic (exact) mass is 305 g/mol. The summed E-state index contributed by atoms with van der Waals surface area (Å²) in [6, 6.07) is 2.08. The number of nitrogens with zero attached hydrogens (tertiary/aromatic N) is 2. The molecule has 22 heavy (non-hydrogen) atoms. The Balaban J connectivity index is 2.35. The van der Waals surface area contributed by atoms with Crippen LogP contribution in [0.25, 0.3) is 5.65 Å². The molecule has 3 N–H and O–H groups in total. The van der Waals surface area contributed by atoms with Crippen molar-refractivity contribution in [3.8, 4) is 0 Å². The maximum absolute atomic E-state index is 12.3. The molecule has 2 aromatic heterocycles. The molecule has 0 aromatic carbocycles. The lowest BCUT2D eigenvalue weighted by atomic mass is 10.2. The van der Waals surface area contributed by atoms with Crippen LogP contribution in [0, 0.1) is 13.8 Å². The first kappa shape index (κ1) is 15.5. The van der Waals surface area contributed by atoms with Gasteiger partial charge in [0.25, 0.3) is 5.91 Å². The van der Waals surface area contributed by atoms with Gasteiger partial charge >= 0.3 is 11.9 Å². The van der Waals surface area contributed by atoms with Gasteiger partial charge in [0.15, 0.2) is 0 Å². The van der Waals surface area contributed by atoms with Crippen molar-refractivity contribution in [2.24, 2.45) is 0 Å². The van der Waals surface area contributed by atoms with Gasteiger partial charge in [0.05, 0.1) is 12.1 Å². The van der Waals surface area contributed by atoms with E-state index >= 15 is 0 Å². The highest BCUT2D eigenvalue weighted by Gasteiger charge is 2.26. The van der Waals surface area contributed by atoms with Crippen molar-refractivity contribution < 1.29 is 24.6 Å². The van der Waals surface area contributed by atoms with Crippen LogP contribution < -0.4 is 5.32 Å². The number of hydrogen-bond donors (Lipinski definition) is 3. The van der Waals surface area contributed by atoms with Crippen molar-refractivity contribution in [1.29, 1.82) is 0 Å². The van der Waals surface area contributed by atoms with E-state index in [0.29, 0.717) is 11.3 Å². The van der Waals surface area contributed by atoms with Crippen LogP contribution in [0.4, 0.5) is 0 Å². The molecular formula is C14H15N3O5. The van der Waals surface area contributed by atoms with Crippen LogP contribution in [0.3, 0.4) is 0 Å². The average Bonchev–Trinajstić information content (AvgIpc) is 2.72. The first-order valence-corrected chi connectivity index (χ1v) is 6.50. The van der Waals surface area contributed by atoms with Crippen LogP contribution in [0.2, 0.25) is 0 Å². The van der Waals surface area contributed by atoms with E-state index in [1.165, 1.54) is 4.40 Å². The molecule has 0 bridgehead atoms. The fraction of sp³-hybridized carbons (Fsp3) is 0.286. The first-order valence-electron chi connectivity index (χ1n) is 6.50. The third-order valence-electron chi connectivity index (χ3n) is 3.15. The van der Waals surface area contributed by atoms with Gasteiger partial charge in [-0.15, -0.1) is 0 Å². The van der Waals surface area contributed by atoms with Crippen LogP contribution in [0.5, 0.6) is 0 Å². The Morgan fingerprint density at radius 3 is 2.59 bits per heavy atom. The molecule has 2 aromatic rings. The van der Waals surface area contributed by atoms with E-state index < -0.39 is 30.3 Å². The van der Waals surface area contributed by atoms with Gasteiger partial charge < -0.3 is 15.5 Å². The molecule has 116 valence electrons. The molecule has 1 amide bonds. The van der Waals surface area contributed by atoms with Gasteiger partial charge in [0.2, 0.25) is 0 Å². The molecule has 0 fully saturated rings. The van der Waals surface area contributed by atoms with E-state index in [1.807, 2.05) is 6.92 Å². The summed E-state index contributed by atoms with van der Waals surface area (Å²) in [6.07, 6.45) is 0.961. The van der Waals surface area contributed by atoms with Crippen molar-refractivity contribution in [3.05, 3.63) is 35.3 Å². The zero-order valence-electron chi connectivity index (χ0n) is 12.0. The number of aromatic nitrogens is 2. The van der Waals surface area contributed by atoms with E-state index in [9.17, 15) is 14.4 Å².